The van der Waals surface area contributed by atoms with Gasteiger partial charge in [0.25, 0.3) is 0 Å². The van der Waals surface area contributed by atoms with Crippen LogP contribution in [-0.4, -0.2) is 17.6 Å². The average Bonchev–Trinajstić information content (AvgIpc) is 1.63. The molecule has 0 heterocycles. The van der Waals surface area contributed by atoms with Gasteiger partial charge in [-0.2, -0.15) is 0 Å². The van der Waals surface area contributed by atoms with E-state index < -0.39 is 0 Å². The van der Waals surface area contributed by atoms with Gasteiger partial charge in [-0.15, -0.1) is 0 Å². The van der Waals surface area contributed by atoms with Gasteiger partial charge in [-0.25, -0.2) is 0 Å². The second kappa shape index (κ2) is 3.85. The van der Waals surface area contributed by atoms with Crippen molar-refractivity contribution < 1.29 is 0 Å². The van der Waals surface area contributed by atoms with Crippen LogP contribution in [0.15, 0.2) is 0 Å². The maximum Gasteiger partial charge on any atom is -0.00838 e. The molecule has 0 aromatic heterocycles. The molecule has 0 atom stereocenters. The molecule has 0 bridgehead atoms. The molecular formula is C7H16NO-. The number of hydrogen-bond donors (Lipinski definition) is 0. The second-order valence-electron chi connectivity index (χ2n) is 3.09. The fraction of sp³-hybridized carbons (Fsp3) is 1.00. The zero-order valence-electron chi connectivity index (χ0n) is 6.72. The Labute approximate surface area is 57.4 Å². The number of rotatable bonds is 3. The van der Waals surface area contributed by atoms with E-state index in [-0.39, 0.29) is 6.04 Å². The molecule has 0 aromatic rings. The van der Waals surface area contributed by atoms with Crippen LogP contribution in [0.5, 0.6) is 0 Å². The molecule has 0 spiro atoms. The highest BCUT2D eigenvalue weighted by atomic mass is 16.5. The van der Waals surface area contributed by atoms with E-state index in [4.69, 9.17) is 0 Å². The van der Waals surface area contributed by atoms with Crippen molar-refractivity contribution in [2.24, 2.45) is 5.92 Å². The summed E-state index contributed by atoms with van der Waals surface area (Å²) < 4.78 is 0. The van der Waals surface area contributed by atoms with Gasteiger partial charge in [0.2, 0.25) is 0 Å². The van der Waals surface area contributed by atoms with Crippen molar-refractivity contribution >= 4 is 0 Å². The predicted octanol–water partition coefficient (Wildman–Crippen LogP) is 1.85. The van der Waals surface area contributed by atoms with Gasteiger partial charge >= 0.3 is 0 Å². The van der Waals surface area contributed by atoms with Crippen LogP contribution in [0, 0.1) is 11.1 Å². The van der Waals surface area contributed by atoms with Gasteiger partial charge in [-0.05, 0) is 18.5 Å². The molecule has 2 nitrogen and oxygen atoms in total. The van der Waals surface area contributed by atoms with E-state index in [2.05, 4.69) is 0 Å². The minimum Gasteiger partial charge on any atom is -0.785 e. The van der Waals surface area contributed by atoms with E-state index in [1.165, 1.54) is 0 Å². The van der Waals surface area contributed by atoms with Crippen molar-refractivity contribution in [2.45, 2.75) is 33.7 Å². The lowest BCUT2D eigenvalue weighted by Gasteiger charge is -2.33. The lowest BCUT2D eigenvalue weighted by Crippen LogP contribution is -2.28. The van der Waals surface area contributed by atoms with Crippen molar-refractivity contribution in [2.75, 3.05) is 6.54 Å². The largest absolute Gasteiger partial charge is 0.785 e. The average molecular weight is 130 g/mol. The SMILES string of the molecule is CC(C)CN([O-])C(C)C. The molecule has 2 heteroatoms. The summed E-state index contributed by atoms with van der Waals surface area (Å²) in [6.45, 7) is 8.57. The van der Waals surface area contributed by atoms with Crippen molar-refractivity contribution in [3.8, 4) is 0 Å². The third-order valence-electron chi connectivity index (χ3n) is 1.12. The van der Waals surface area contributed by atoms with Crippen LogP contribution in [0.1, 0.15) is 27.7 Å². The number of hydrogen-bond acceptors (Lipinski definition) is 2. The van der Waals surface area contributed by atoms with Crippen molar-refractivity contribution in [3.05, 3.63) is 5.21 Å². The smallest absolute Gasteiger partial charge is 0.00838 e. The maximum atomic E-state index is 10.9. The topological polar surface area (TPSA) is 26.3 Å². The third-order valence-corrected chi connectivity index (χ3v) is 1.12. The van der Waals surface area contributed by atoms with E-state index >= 15 is 0 Å². The van der Waals surface area contributed by atoms with Gasteiger partial charge in [-0.3, -0.25) is 0 Å². The highest BCUT2D eigenvalue weighted by molar-refractivity contribution is 4.63. The number of nitrogens with zero attached hydrogens (tertiary/aromatic N) is 1. The normalized spacial score (nSPS) is 12.0. The highest BCUT2D eigenvalue weighted by Gasteiger charge is 1.98. The monoisotopic (exact) mass is 130 g/mol. The number of hydroxylamine groups is 2. The molecule has 0 saturated heterocycles. The molecule has 0 aliphatic carbocycles. The standard InChI is InChI=1S/C7H16NO/c1-6(2)5-8(9)7(3)4/h6-7H,5H2,1-4H3/q-1. The van der Waals surface area contributed by atoms with Crippen LogP contribution in [0.2, 0.25) is 0 Å². The van der Waals surface area contributed by atoms with Gasteiger partial charge in [0, 0.05) is 0 Å². The minimum atomic E-state index is 0.132. The Balaban J connectivity index is 3.38. The molecule has 0 rings (SSSR count). The summed E-state index contributed by atoms with van der Waals surface area (Å²) in [5, 5.41) is 12.0. The summed E-state index contributed by atoms with van der Waals surface area (Å²) in [6, 6.07) is 0.132. The zero-order chi connectivity index (χ0) is 7.44. The van der Waals surface area contributed by atoms with Crippen LogP contribution in [0.3, 0.4) is 0 Å². The summed E-state index contributed by atoms with van der Waals surface area (Å²) in [7, 11) is 0. The van der Waals surface area contributed by atoms with Crippen LogP contribution in [0.4, 0.5) is 0 Å². The first-order chi connectivity index (χ1) is 4.04. The molecule has 0 unspecified atom stereocenters. The highest BCUT2D eigenvalue weighted by Crippen LogP contribution is 2.00. The van der Waals surface area contributed by atoms with E-state index in [0.717, 1.165) is 5.06 Å². The lowest BCUT2D eigenvalue weighted by atomic mass is 10.2. The molecule has 56 valence electrons. The molecule has 0 aromatic carbocycles. The van der Waals surface area contributed by atoms with E-state index in [1.54, 1.807) is 0 Å². The summed E-state index contributed by atoms with van der Waals surface area (Å²) in [4.78, 5) is 0. The van der Waals surface area contributed by atoms with Crippen LogP contribution < -0.4 is 0 Å². The Bertz CT molecular complexity index is 71.3. The van der Waals surface area contributed by atoms with Crippen molar-refractivity contribution in [3.63, 3.8) is 0 Å². The summed E-state index contributed by atoms with van der Waals surface area (Å²) in [5.41, 5.74) is 0. The summed E-state index contributed by atoms with van der Waals surface area (Å²) in [6.07, 6.45) is 0. The minimum absolute atomic E-state index is 0.132. The lowest BCUT2D eigenvalue weighted by molar-refractivity contribution is 0.278. The molecule has 0 saturated carbocycles. The van der Waals surface area contributed by atoms with Crippen molar-refractivity contribution in [1.82, 2.24) is 5.06 Å². The first-order valence-corrected chi connectivity index (χ1v) is 3.47. The Morgan fingerprint density at radius 1 is 1.22 bits per heavy atom. The Kier molecular flexibility index (Phi) is 3.82. The predicted molar refractivity (Wildman–Crippen MR) is 40.0 cm³/mol. The van der Waals surface area contributed by atoms with Crippen LogP contribution in [0.25, 0.3) is 0 Å². The molecule has 0 radical (unpaired) electrons. The van der Waals surface area contributed by atoms with E-state index in [9.17, 15) is 5.21 Å². The molecule has 0 N–H and O–H groups in total. The van der Waals surface area contributed by atoms with Crippen molar-refractivity contribution in [1.29, 1.82) is 0 Å². The second-order valence-corrected chi connectivity index (χ2v) is 3.09. The van der Waals surface area contributed by atoms with Gasteiger partial charge in [0.1, 0.15) is 0 Å². The van der Waals surface area contributed by atoms with Crippen LogP contribution in [-0.2, 0) is 0 Å². The third kappa shape index (κ3) is 4.43. The molecule has 0 amide bonds. The summed E-state index contributed by atoms with van der Waals surface area (Å²) in [5.74, 6) is 0.477. The Morgan fingerprint density at radius 2 is 1.67 bits per heavy atom. The van der Waals surface area contributed by atoms with E-state index in [0.29, 0.717) is 12.5 Å². The Morgan fingerprint density at radius 3 is 1.78 bits per heavy atom. The van der Waals surface area contributed by atoms with E-state index in [1.807, 2.05) is 27.7 Å². The van der Waals surface area contributed by atoms with Crippen LogP contribution >= 0.6 is 0 Å². The Hall–Kier alpha value is -0.0800. The zero-order valence-corrected chi connectivity index (χ0v) is 6.72. The fourth-order valence-electron chi connectivity index (χ4n) is 0.571. The van der Waals surface area contributed by atoms with Gasteiger partial charge in [-0.1, -0.05) is 27.7 Å². The maximum absolute atomic E-state index is 10.9. The molecular weight excluding hydrogens is 114 g/mol. The molecule has 0 aliphatic heterocycles. The van der Waals surface area contributed by atoms with Gasteiger partial charge in [0.05, 0.1) is 0 Å². The molecule has 0 fully saturated rings. The first kappa shape index (κ1) is 8.92. The van der Waals surface area contributed by atoms with Gasteiger partial charge < -0.3 is 10.3 Å². The molecule has 0 aliphatic rings. The molecule has 9 heavy (non-hydrogen) atoms. The summed E-state index contributed by atoms with van der Waals surface area (Å²) >= 11 is 0. The fourth-order valence-corrected chi connectivity index (χ4v) is 0.571. The first-order valence-electron chi connectivity index (χ1n) is 3.47. The quantitative estimate of drug-likeness (QED) is 0.545. The van der Waals surface area contributed by atoms with Gasteiger partial charge in [0.15, 0.2) is 0 Å².